The fourth-order valence-electron chi connectivity index (χ4n) is 2.46. The van der Waals surface area contributed by atoms with Gasteiger partial charge in [-0.1, -0.05) is 12.8 Å². The predicted molar refractivity (Wildman–Crippen MR) is 81.1 cm³/mol. The molecule has 0 aliphatic heterocycles. The van der Waals surface area contributed by atoms with Gasteiger partial charge in [0.2, 0.25) is 5.91 Å². The number of thioether (sulfide) groups is 1. The number of hydrogen-bond donors (Lipinski definition) is 4. The van der Waals surface area contributed by atoms with E-state index in [4.69, 9.17) is 10.8 Å². The fourth-order valence-corrected chi connectivity index (χ4v) is 3.39. The molecule has 3 atom stereocenters. The van der Waals surface area contributed by atoms with Crippen LogP contribution in [0.1, 0.15) is 38.5 Å². The van der Waals surface area contributed by atoms with E-state index in [1.807, 2.05) is 6.26 Å². The maximum atomic E-state index is 11.9. The van der Waals surface area contributed by atoms with Crippen LogP contribution in [-0.4, -0.2) is 46.6 Å². The summed E-state index contributed by atoms with van der Waals surface area (Å²) in [7, 11) is 0. The van der Waals surface area contributed by atoms with E-state index in [1.165, 1.54) is 0 Å². The van der Waals surface area contributed by atoms with Crippen molar-refractivity contribution in [3.63, 3.8) is 0 Å². The number of carbonyl (C=O) groups excluding carboxylic acids is 2. The molecule has 1 aliphatic carbocycles. The van der Waals surface area contributed by atoms with E-state index in [9.17, 15) is 14.4 Å². The van der Waals surface area contributed by atoms with Crippen LogP contribution in [0, 0.1) is 0 Å². The molecule has 7 nitrogen and oxygen atoms in total. The van der Waals surface area contributed by atoms with Crippen LogP contribution in [0.2, 0.25) is 0 Å². The highest BCUT2D eigenvalue weighted by atomic mass is 32.2. The van der Waals surface area contributed by atoms with Crippen LogP contribution in [0.25, 0.3) is 0 Å². The van der Waals surface area contributed by atoms with Gasteiger partial charge in [-0.05, 0) is 25.5 Å². The largest absolute Gasteiger partial charge is 0.480 e. The molecular weight excluding hydrogens is 294 g/mol. The maximum Gasteiger partial charge on any atom is 0.326 e. The van der Waals surface area contributed by atoms with Gasteiger partial charge in [-0.3, -0.25) is 4.79 Å². The Kier molecular flexibility index (Phi) is 7.35. The molecule has 1 aliphatic rings. The lowest BCUT2D eigenvalue weighted by molar-refractivity contribution is -0.139. The van der Waals surface area contributed by atoms with E-state index >= 15 is 0 Å². The fraction of sp³-hybridized carbons (Fsp3) is 0.769. The van der Waals surface area contributed by atoms with Crippen molar-refractivity contribution in [3.05, 3.63) is 0 Å². The zero-order valence-corrected chi connectivity index (χ0v) is 12.9. The Morgan fingerprint density at radius 1 is 1.33 bits per heavy atom. The van der Waals surface area contributed by atoms with Gasteiger partial charge in [-0.2, -0.15) is 11.8 Å². The normalized spacial score (nSPS) is 23.1. The Morgan fingerprint density at radius 2 is 2.00 bits per heavy atom. The molecule has 0 heterocycles. The van der Waals surface area contributed by atoms with Gasteiger partial charge in [0.15, 0.2) is 0 Å². The average molecular weight is 317 g/mol. The van der Waals surface area contributed by atoms with Gasteiger partial charge in [0.1, 0.15) is 6.04 Å². The summed E-state index contributed by atoms with van der Waals surface area (Å²) in [5.41, 5.74) is 4.99. The van der Waals surface area contributed by atoms with Crippen LogP contribution in [0.15, 0.2) is 0 Å². The minimum atomic E-state index is -1.17. The van der Waals surface area contributed by atoms with E-state index in [0.717, 1.165) is 25.7 Å². The first-order chi connectivity index (χ1) is 9.93. The number of nitrogens with two attached hydrogens (primary N) is 1. The average Bonchev–Trinajstić information content (AvgIpc) is 2.43. The lowest BCUT2D eigenvalue weighted by Gasteiger charge is -2.31. The van der Waals surface area contributed by atoms with Crippen molar-refractivity contribution >= 4 is 29.7 Å². The molecule has 8 heteroatoms. The second-order valence-electron chi connectivity index (χ2n) is 5.18. The predicted octanol–water partition coefficient (Wildman–Crippen LogP) is 0.679. The molecule has 1 saturated carbocycles. The van der Waals surface area contributed by atoms with Gasteiger partial charge >= 0.3 is 12.0 Å². The van der Waals surface area contributed by atoms with Crippen molar-refractivity contribution < 1.29 is 19.5 Å². The summed E-state index contributed by atoms with van der Waals surface area (Å²) in [5, 5.41) is 14.6. The topological polar surface area (TPSA) is 122 Å². The smallest absolute Gasteiger partial charge is 0.326 e. The molecule has 120 valence electrons. The molecule has 0 aromatic heterocycles. The summed E-state index contributed by atoms with van der Waals surface area (Å²) >= 11 is 1.72. The molecule has 0 aromatic carbocycles. The summed E-state index contributed by atoms with van der Waals surface area (Å²) in [6.07, 6.45) is 6.10. The van der Waals surface area contributed by atoms with Crippen molar-refractivity contribution in [1.29, 1.82) is 0 Å². The number of urea groups is 1. The van der Waals surface area contributed by atoms with Crippen LogP contribution < -0.4 is 16.4 Å². The zero-order valence-electron chi connectivity index (χ0n) is 12.1. The van der Waals surface area contributed by atoms with Gasteiger partial charge in [-0.25, -0.2) is 9.59 Å². The molecule has 0 saturated heterocycles. The summed E-state index contributed by atoms with van der Waals surface area (Å²) in [4.78, 5) is 33.7. The number of primary amides is 1. The quantitative estimate of drug-likeness (QED) is 0.550. The van der Waals surface area contributed by atoms with Crippen molar-refractivity contribution in [3.8, 4) is 0 Å². The van der Waals surface area contributed by atoms with Crippen LogP contribution in [0.4, 0.5) is 4.79 Å². The van der Waals surface area contributed by atoms with Gasteiger partial charge in [0.25, 0.3) is 0 Å². The SMILES string of the molecule is CSC1CCCCC1NC(=O)N[C@H](CCC(N)=O)C(=O)O. The molecule has 0 bridgehead atoms. The third kappa shape index (κ3) is 6.24. The first kappa shape index (κ1) is 17.6. The molecule has 1 rings (SSSR count). The monoisotopic (exact) mass is 317 g/mol. The standard InChI is InChI=1S/C13H23N3O4S/c1-21-10-5-3-2-4-8(10)15-13(20)16-9(12(18)19)6-7-11(14)17/h8-10H,2-7H2,1H3,(H2,14,17)(H,18,19)(H2,15,16,20)/t8?,9-,10?/m1/s1. The van der Waals surface area contributed by atoms with Crippen molar-refractivity contribution in [2.75, 3.05) is 6.26 Å². The highest BCUT2D eigenvalue weighted by Gasteiger charge is 2.27. The Morgan fingerprint density at radius 3 is 2.57 bits per heavy atom. The molecule has 21 heavy (non-hydrogen) atoms. The molecule has 5 N–H and O–H groups in total. The van der Waals surface area contributed by atoms with Crippen LogP contribution in [-0.2, 0) is 9.59 Å². The van der Waals surface area contributed by atoms with Crippen molar-refractivity contribution in [1.82, 2.24) is 10.6 Å². The molecule has 0 spiro atoms. The van der Waals surface area contributed by atoms with E-state index in [1.54, 1.807) is 11.8 Å². The maximum absolute atomic E-state index is 11.9. The Hall–Kier alpha value is -1.44. The van der Waals surface area contributed by atoms with Crippen molar-refractivity contribution in [2.24, 2.45) is 5.73 Å². The zero-order chi connectivity index (χ0) is 15.8. The molecule has 0 radical (unpaired) electrons. The Bertz CT molecular complexity index is 392. The van der Waals surface area contributed by atoms with E-state index in [-0.39, 0.29) is 18.9 Å². The molecule has 0 aromatic rings. The summed E-state index contributed by atoms with van der Waals surface area (Å²) in [6.45, 7) is 0. The van der Waals surface area contributed by atoms with Crippen LogP contribution in [0.5, 0.6) is 0 Å². The summed E-state index contributed by atoms with van der Waals surface area (Å²) < 4.78 is 0. The Balaban J connectivity index is 2.48. The lowest BCUT2D eigenvalue weighted by atomic mass is 9.95. The molecule has 1 fully saturated rings. The lowest BCUT2D eigenvalue weighted by Crippen LogP contribution is -2.52. The van der Waals surface area contributed by atoms with E-state index < -0.39 is 23.9 Å². The number of hydrogen-bond acceptors (Lipinski definition) is 4. The van der Waals surface area contributed by atoms with Gasteiger partial charge in [-0.15, -0.1) is 0 Å². The molecular formula is C13H23N3O4S. The summed E-state index contributed by atoms with van der Waals surface area (Å²) in [5.74, 6) is -1.75. The van der Waals surface area contributed by atoms with Crippen LogP contribution in [0.3, 0.4) is 0 Å². The number of carboxylic acid groups (broad SMARTS) is 1. The number of carbonyl (C=O) groups is 3. The Labute approximate surface area is 128 Å². The highest BCUT2D eigenvalue weighted by Crippen LogP contribution is 2.27. The van der Waals surface area contributed by atoms with Crippen LogP contribution >= 0.6 is 11.8 Å². The second-order valence-corrected chi connectivity index (χ2v) is 6.26. The van der Waals surface area contributed by atoms with E-state index in [2.05, 4.69) is 10.6 Å². The number of rotatable bonds is 7. The summed E-state index contributed by atoms with van der Waals surface area (Å²) in [6, 6.07) is -1.55. The second kappa shape index (κ2) is 8.76. The first-order valence-corrected chi connectivity index (χ1v) is 8.33. The number of amides is 3. The molecule has 2 unspecified atom stereocenters. The first-order valence-electron chi connectivity index (χ1n) is 7.05. The van der Waals surface area contributed by atoms with Crippen molar-refractivity contribution in [2.45, 2.75) is 55.9 Å². The minimum Gasteiger partial charge on any atom is -0.480 e. The number of carboxylic acids is 1. The highest BCUT2D eigenvalue weighted by molar-refractivity contribution is 7.99. The number of aliphatic carboxylic acids is 1. The third-order valence-electron chi connectivity index (χ3n) is 3.60. The third-order valence-corrected chi connectivity index (χ3v) is 4.77. The van der Waals surface area contributed by atoms with E-state index in [0.29, 0.717) is 5.25 Å². The number of nitrogens with one attached hydrogen (secondary N) is 2. The molecule has 3 amide bonds. The minimum absolute atomic E-state index is 0.00525. The van der Waals surface area contributed by atoms with Gasteiger partial charge in [0, 0.05) is 17.7 Å². The van der Waals surface area contributed by atoms with Gasteiger partial charge in [0.05, 0.1) is 0 Å². The van der Waals surface area contributed by atoms with Gasteiger partial charge < -0.3 is 21.5 Å².